The lowest BCUT2D eigenvalue weighted by Gasteiger charge is -2.35. The van der Waals surface area contributed by atoms with Crippen molar-refractivity contribution < 1.29 is 4.79 Å². The zero-order valence-electron chi connectivity index (χ0n) is 8.94. The number of nitrogens with zero attached hydrogens (tertiary/aromatic N) is 1. The van der Waals surface area contributed by atoms with Gasteiger partial charge in [0.15, 0.2) is 0 Å². The van der Waals surface area contributed by atoms with Crippen LogP contribution in [0.25, 0.3) is 0 Å². The Morgan fingerprint density at radius 3 is 3.00 bits per heavy atom. The van der Waals surface area contributed by atoms with Crippen molar-refractivity contribution in [3.8, 4) is 0 Å². The maximum Gasteiger partial charge on any atom is 0.227 e. The molecule has 0 unspecified atom stereocenters. The summed E-state index contributed by atoms with van der Waals surface area (Å²) >= 11 is 0. The smallest absolute Gasteiger partial charge is 0.227 e. The van der Waals surface area contributed by atoms with Gasteiger partial charge in [0.2, 0.25) is 5.91 Å². The number of hydrogen-bond acceptors (Lipinski definition) is 1. The number of carbonyl (C=O) groups excluding carboxylic acids is 1. The van der Waals surface area contributed by atoms with E-state index in [4.69, 9.17) is 0 Å². The van der Waals surface area contributed by atoms with E-state index in [1.54, 1.807) is 0 Å². The molecule has 0 saturated carbocycles. The summed E-state index contributed by atoms with van der Waals surface area (Å²) in [6.07, 6.45) is 2.89. The fraction of sp³-hybridized carbons (Fsp3) is 0.462. The second-order valence-corrected chi connectivity index (χ2v) is 4.65. The minimum absolute atomic E-state index is 0.305. The Balaban J connectivity index is 2.13. The van der Waals surface area contributed by atoms with Crippen LogP contribution < -0.4 is 4.90 Å². The highest BCUT2D eigenvalue weighted by Gasteiger charge is 2.38. The van der Waals surface area contributed by atoms with Crippen molar-refractivity contribution in [3.05, 3.63) is 29.8 Å². The number of carbonyl (C=O) groups is 1. The van der Waals surface area contributed by atoms with E-state index in [0.29, 0.717) is 17.9 Å². The molecule has 1 amide bonds. The Morgan fingerprint density at radius 1 is 1.33 bits per heavy atom. The molecule has 2 nitrogen and oxygen atoms in total. The van der Waals surface area contributed by atoms with E-state index in [2.05, 4.69) is 25.1 Å². The first-order valence-corrected chi connectivity index (χ1v) is 5.68. The molecular weight excluding hydrogens is 186 g/mol. The van der Waals surface area contributed by atoms with E-state index < -0.39 is 0 Å². The van der Waals surface area contributed by atoms with Gasteiger partial charge in [-0.25, -0.2) is 0 Å². The molecule has 0 aliphatic carbocycles. The third-order valence-corrected chi connectivity index (χ3v) is 3.68. The Bertz CT molecular complexity index is 413. The van der Waals surface area contributed by atoms with Gasteiger partial charge < -0.3 is 4.90 Å². The Labute approximate surface area is 89.9 Å². The molecule has 2 heteroatoms. The monoisotopic (exact) mass is 201 g/mol. The molecule has 0 spiro atoms. The highest BCUT2D eigenvalue weighted by Crippen LogP contribution is 2.42. The number of benzene rings is 1. The number of para-hydroxylation sites is 1. The molecular formula is C13H15NO. The molecule has 0 radical (unpaired) electrons. The molecule has 0 N–H and O–H groups in total. The highest BCUT2D eigenvalue weighted by atomic mass is 16.2. The van der Waals surface area contributed by atoms with Crippen molar-refractivity contribution >= 4 is 11.6 Å². The summed E-state index contributed by atoms with van der Waals surface area (Å²) in [5.41, 5.74) is 2.49. The van der Waals surface area contributed by atoms with Gasteiger partial charge in [-0.1, -0.05) is 25.1 Å². The number of anilines is 1. The van der Waals surface area contributed by atoms with E-state index in [9.17, 15) is 4.79 Å². The molecule has 1 aromatic rings. The molecule has 78 valence electrons. The van der Waals surface area contributed by atoms with Crippen LogP contribution in [0.3, 0.4) is 0 Å². The predicted octanol–water partition coefficient (Wildman–Crippen LogP) is 2.69. The van der Waals surface area contributed by atoms with Gasteiger partial charge in [0.25, 0.3) is 0 Å². The lowest BCUT2D eigenvalue weighted by molar-refractivity contribution is -0.117. The van der Waals surface area contributed by atoms with Gasteiger partial charge in [-0.05, 0) is 30.4 Å². The molecule has 1 fully saturated rings. The summed E-state index contributed by atoms with van der Waals surface area (Å²) in [5.74, 6) is 0.896. The van der Waals surface area contributed by atoms with E-state index in [0.717, 1.165) is 24.9 Å². The number of rotatable bonds is 0. The van der Waals surface area contributed by atoms with Crippen molar-refractivity contribution in [1.29, 1.82) is 0 Å². The third kappa shape index (κ3) is 1.21. The fourth-order valence-electron chi connectivity index (χ4n) is 2.96. The summed E-state index contributed by atoms with van der Waals surface area (Å²) in [6.45, 7) is 2.26. The largest absolute Gasteiger partial charge is 0.309 e. The normalized spacial score (nSPS) is 28.9. The lowest BCUT2D eigenvalue weighted by atomic mass is 9.87. The SMILES string of the molecule is C[C@H]1C[C@H]2CCC(=O)N2c2ccccc21. The van der Waals surface area contributed by atoms with Crippen LogP contribution in [0.1, 0.15) is 37.7 Å². The third-order valence-electron chi connectivity index (χ3n) is 3.68. The molecule has 0 aromatic heterocycles. The maximum atomic E-state index is 11.8. The van der Waals surface area contributed by atoms with E-state index in [1.165, 1.54) is 5.56 Å². The summed E-state index contributed by atoms with van der Waals surface area (Å²) < 4.78 is 0. The van der Waals surface area contributed by atoms with Crippen LogP contribution in [-0.4, -0.2) is 11.9 Å². The van der Waals surface area contributed by atoms with Crippen LogP contribution >= 0.6 is 0 Å². The number of fused-ring (bicyclic) bond motifs is 3. The molecule has 1 aromatic carbocycles. The molecule has 0 bridgehead atoms. The highest BCUT2D eigenvalue weighted by molar-refractivity contribution is 5.97. The molecule has 2 heterocycles. The molecule has 1 saturated heterocycles. The van der Waals surface area contributed by atoms with Crippen LogP contribution in [0.5, 0.6) is 0 Å². The molecule has 15 heavy (non-hydrogen) atoms. The van der Waals surface area contributed by atoms with Gasteiger partial charge in [0, 0.05) is 18.2 Å². The zero-order valence-corrected chi connectivity index (χ0v) is 8.94. The zero-order chi connectivity index (χ0) is 10.4. The molecule has 2 aliphatic heterocycles. The van der Waals surface area contributed by atoms with E-state index >= 15 is 0 Å². The summed E-state index contributed by atoms with van der Waals surface area (Å²) in [7, 11) is 0. The van der Waals surface area contributed by atoms with Crippen LogP contribution in [0.4, 0.5) is 5.69 Å². The second kappa shape index (κ2) is 3.09. The van der Waals surface area contributed by atoms with Gasteiger partial charge in [-0.3, -0.25) is 4.79 Å². The first-order valence-electron chi connectivity index (χ1n) is 5.68. The topological polar surface area (TPSA) is 20.3 Å². The average Bonchev–Trinajstić information content (AvgIpc) is 2.61. The van der Waals surface area contributed by atoms with Crippen molar-refractivity contribution in [2.75, 3.05) is 4.90 Å². The van der Waals surface area contributed by atoms with Gasteiger partial charge in [-0.2, -0.15) is 0 Å². The Kier molecular flexibility index (Phi) is 1.84. The van der Waals surface area contributed by atoms with Gasteiger partial charge in [-0.15, -0.1) is 0 Å². The number of hydrogen-bond donors (Lipinski definition) is 0. The summed E-state index contributed by atoms with van der Waals surface area (Å²) in [6, 6.07) is 8.79. The van der Waals surface area contributed by atoms with Crippen molar-refractivity contribution in [2.45, 2.75) is 38.1 Å². The minimum atomic E-state index is 0.305. The first kappa shape index (κ1) is 8.96. The first-order chi connectivity index (χ1) is 7.27. The lowest BCUT2D eigenvalue weighted by Crippen LogP contribution is -2.37. The quantitative estimate of drug-likeness (QED) is 0.632. The van der Waals surface area contributed by atoms with Gasteiger partial charge in [0.05, 0.1) is 0 Å². The average molecular weight is 201 g/mol. The van der Waals surface area contributed by atoms with Gasteiger partial charge >= 0.3 is 0 Å². The molecule has 2 atom stereocenters. The minimum Gasteiger partial charge on any atom is -0.309 e. The van der Waals surface area contributed by atoms with Gasteiger partial charge in [0.1, 0.15) is 0 Å². The van der Waals surface area contributed by atoms with E-state index in [-0.39, 0.29) is 0 Å². The van der Waals surface area contributed by atoms with Crippen molar-refractivity contribution in [3.63, 3.8) is 0 Å². The Hall–Kier alpha value is -1.31. The van der Waals surface area contributed by atoms with Crippen molar-refractivity contribution in [1.82, 2.24) is 0 Å². The molecule has 2 aliphatic rings. The fourth-order valence-corrected chi connectivity index (χ4v) is 2.96. The standard InChI is InChI=1S/C13H15NO/c1-9-8-10-6-7-13(15)14(10)12-5-3-2-4-11(9)12/h2-5,9-10H,6-8H2,1H3/t9-,10+/m0/s1. The maximum absolute atomic E-state index is 11.8. The molecule has 3 rings (SSSR count). The van der Waals surface area contributed by atoms with Crippen LogP contribution in [0.15, 0.2) is 24.3 Å². The van der Waals surface area contributed by atoms with Crippen LogP contribution in [-0.2, 0) is 4.79 Å². The Morgan fingerprint density at radius 2 is 2.13 bits per heavy atom. The van der Waals surface area contributed by atoms with Crippen LogP contribution in [0, 0.1) is 0 Å². The summed E-state index contributed by atoms with van der Waals surface area (Å²) in [5, 5.41) is 0. The van der Waals surface area contributed by atoms with E-state index in [1.807, 2.05) is 11.0 Å². The second-order valence-electron chi connectivity index (χ2n) is 4.65. The summed E-state index contributed by atoms with van der Waals surface area (Å²) in [4.78, 5) is 13.8. The number of amides is 1. The predicted molar refractivity (Wildman–Crippen MR) is 60.0 cm³/mol. The van der Waals surface area contributed by atoms with Crippen molar-refractivity contribution in [2.24, 2.45) is 0 Å². The van der Waals surface area contributed by atoms with Crippen LogP contribution in [0.2, 0.25) is 0 Å².